The fourth-order valence-corrected chi connectivity index (χ4v) is 5.26. The highest BCUT2D eigenvalue weighted by atomic mass is 32.2. The maximum atomic E-state index is 13.6. The standard InChI is InChI=1S/C23H26F2N4O3S2/c1-28-22(18-5-7-20(24)21(25)15-18)26-27-23(28)33-13-3-10-29-11-8-16-4-6-19(32-34(2,30)31)14-17(16)9-12-29/h4-7,14-15H,3,8-13H2,1-2H3. The van der Waals surface area contributed by atoms with Gasteiger partial charge in [0.2, 0.25) is 0 Å². The van der Waals surface area contributed by atoms with Gasteiger partial charge < -0.3 is 13.7 Å². The number of nitrogens with zero attached hydrogens (tertiary/aromatic N) is 4. The minimum Gasteiger partial charge on any atom is -0.383 e. The largest absolute Gasteiger partial charge is 0.383 e. The van der Waals surface area contributed by atoms with Crippen LogP contribution in [0.3, 0.4) is 0 Å². The second-order valence-corrected chi connectivity index (χ2v) is 10.9. The summed E-state index contributed by atoms with van der Waals surface area (Å²) >= 11 is 1.58. The van der Waals surface area contributed by atoms with Crippen LogP contribution in [-0.4, -0.2) is 59.7 Å². The maximum Gasteiger partial charge on any atom is 0.306 e. The average molecular weight is 509 g/mol. The molecule has 0 spiro atoms. The van der Waals surface area contributed by atoms with Crippen LogP contribution in [-0.2, 0) is 30.0 Å². The van der Waals surface area contributed by atoms with Gasteiger partial charge >= 0.3 is 10.1 Å². The van der Waals surface area contributed by atoms with E-state index in [0.29, 0.717) is 17.1 Å². The molecule has 2 aromatic carbocycles. The second kappa shape index (κ2) is 10.4. The van der Waals surface area contributed by atoms with Gasteiger partial charge in [0, 0.05) is 31.5 Å². The fourth-order valence-electron chi connectivity index (χ4n) is 3.98. The van der Waals surface area contributed by atoms with E-state index in [-0.39, 0.29) is 0 Å². The van der Waals surface area contributed by atoms with E-state index in [0.717, 1.165) is 73.8 Å². The summed E-state index contributed by atoms with van der Waals surface area (Å²) in [7, 11) is -1.73. The van der Waals surface area contributed by atoms with Gasteiger partial charge in [-0.3, -0.25) is 0 Å². The summed E-state index contributed by atoms with van der Waals surface area (Å²) in [4.78, 5) is 2.40. The monoisotopic (exact) mass is 508 g/mol. The third-order valence-electron chi connectivity index (χ3n) is 5.68. The van der Waals surface area contributed by atoms with Gasteiger partial charge in [0.1, 0.15) is 5.75 Å². The molecule has 182 valence electrons. The van der Waals surface area contributed by atoms with Crippen LogP contribution < -0.4 is 4.18 Å². The lowest BCUT2D eigenvalue weighted by Crippen LogP contribution is -2.27. The average Bonchev–Trinajstić information content (AvgIpc) is 3.01. The van der Waals surface area contributed by atoms with Crippen molar-refractivity contribution >= 4 is 21.9 Å². The van der Waals surface area contributed by atoms with Crippen LogP contribution in [0.4, 0.5) is 8.78 Å². The first kappa shape index (κ1) is 24.6. The number of rotatable bonds is 8. The highest BCUT2D eigenvalue weighted by Gasteiger charge is 2.17. The first-order chi connectivity index (χ1) is 16.2. The molecule has 0 saturated carbocycles. The van der Waals surface area contributed by atoms with Crippen LogP contribution in [0.2, 0.25) is 0 Å². The third-order valence-corrected chi connectivity index (χ3v) is 7.28. The number of benzene rings is 2. The Morgan fingerprint density at radius 3 is 2.53 bits per heavy atom. The van der Waals surface area contributed by atoms with Gasteiger partial charge in [-0.05, 0) is 67.3 Å². The molecule has 1 aromatic heterocycles. The summed E-state index contributed by atoms with van der Waals surface area (Å²) in [6.45, 7) is 2.76. The summed E-state index contributed by atoms with van der Waals surface area (Å²) in [5.41, 5.74) is 2.83. The lowest BCUT2D eigenvalue weighted by atomic mass is 10.0. The molecule has 0 atom stereocenters. The smallest absolute Gasteiger partial charge is 0.306 e. The van der Waals surface area contributed by atoms with E-state index in [1.807, 2.05) is 19.2 Å². The topological polar surface area (TPSA) is 77.3 Å². The molecule has 7 nitrogen and oxygen atoms in total. The van der Waals surface area contributed by atoms with E-state index >= 15 is 0 Å². The molecule has 0 unspecified atom stereocenters. The second-order valence-electron chi connectivity index (χ2n) is 8.26. The van der Waals surface area contributed by atoms with Crippen LogP contribution in [0.5, 0.6) is 5.75 Å². The van der Waals surface area contributed by atoms with E-state index in [1.54, 1.807) is 22.4 Å². The van der Waals surface area contributed by atoms with Crippen molar-refractivity contribution in [1.82, 2.24) is 19.7 Å². The molecule has 0 aliphatic carbocycles. The van der Waals surface area contributed by atoms with Crippen molar-refractivity contribution in [1.29, 1.82) is 0 Å². The Hall–Kier alpha value is -2.50. The predicted molar refractivity (Wildman–Crippen MR) is 127 cm³/mol. The molecule has 0 radical (unpaired) electrons. The van der Waals surface area contributed by atoms with Gasteiger partial charge in [0.15, 0.2) is 22.6 Å². The number of aromatic nitrogens is 3. The van der Waals surface area contributed by atoms with Crippen molar-refractivity contribution in [3.8, 4) is 17.1 Å². The summed E-state index contributed by atoms with van der Waals surface area (Å²) in [5.74, 6) is -0.101. The van der Waals surface area contributed by atoms with E-state index in [4.69, 9.17) is 4.18 Å². The number of halogens is 2. The highest BCUT2D eigenvalue weighted by Crippen LogP contribution is 2.25. The van der Waals surface area contributed by atoms with Crippen molar-refractivity contribution < 1.29 is 21.4 Å². The molecule has 1 aliphatic rings. The normalized spacial score (nSPS) is 14.6. The number of fused-ring (bicyclic) bond motifs is 1. The van der Waals surface area contributed by atoms with Crippen molar-refractivity contribution in [2.75, 3.05) is 31.6 Å². The molecule has 0 saturated heterocycles. The predicted octanol–water partition coefficient (Wildman–Crippen LogP) is 3.68. The number of hydrogen-bond donors (Lipinski definition) is 0. The Bertz CT molecular complexity index is 1280. The van der Waals surface area contributed by atoms with Crippen LogP contribution in [0.1, 0.15) is 17.5 Å². The minimum atomic E-state index is -3.54. The molecular weight excluding hydrogens is 482 g/mol. The molecule has 0 amide bonds. The summed E-state index contributed by atoms with van der Waals surface area (Å²) < 4.78 is 56.3. The Labute approximate surface area is 202 Å². The molecule has 0 N–H and O–H groups in total. The lowest BCUT2D eigenvalue weighted by Gasteiger charge is -2.19. The van der Waals surface area contributed by atoms with Gasteiger partial charge in [-0.1, -0.05) is 17.8 Å². The number of thioether (sulfide) groups is 1. The molecule has 4 rings (SSSR count). The van der Waals surface area contributed by atoms with E-state index in [2.05, 4.69) is 15.1 Å². The molecule has 2 heterocycles. The minimum absolute atomic E-state index is 0.359. The summed E-state index contributed by atoms with van der Waals surface area (Å²) in [5, 5.41) is 9.05. The molecule has 3 aromatic rings. The van der Waals surface area contributed by atoms with E-state index in [1.165, 1.54) is 11.6 Å². The van der Waals surface area contributed by atoms with E-state index in [9.17, 15) is 17.2 Å². The number of hydrogen-bond acceptors (Lipinski definition) is 7. The molecular formula is C23H26F2N4O3S2. The zero-order valence-electron chi connectivity index (χ0n) is 19.0. The Kier molecular flexibility index (Phi) is 7.54. The van der Waals surface area contributed by atoms with Crippen LogP contribution >= 0.6 is 11.8 Å². The zero-order valence-corrected chi connectivity index (χ0v) is 20.6. The van der Waals surface area contributed by atoms with E-state index < -0.39 is 21.8 Å². The summed E-state index contributed by atoms with van der Waals surface area (Å²) in [6, 6.07) is 9.20. The van der Waals surface area contributed by atoms with Crippen LogP contribution in [0.25, 0.3) is 11.4 Å². The zero-order chi connectivity index (χ0) is 24.3. The summed E-state index contributed by atoms with van der Waals surface area (Å²) in [6.07, 6.45) is 3.74. The molecule has 0 bridgehead atoms. The van der Waals surface area contributed by atoms with Crippen molar-refractivity contribution in [3.05, 3.63) is 59.2 Å². The molecule has 1 aliphatic heterocycles. The van der Waals surface area contributed by atoms with Crippen molar-refractivity contribution in [2.45, 2.75) is 24.4 Å². The lowest BCUT2D eigenvalue weighted by molar-refractivity contribution is 0.289. The van der Waals surface area contributed by atoms with Gasteiger partial charge in [-0.25, -0.2) is 8.78 Å². The third kappa shape index (κ3) is 6.13. The van der Waals surface area contributed by atoms with Crippen molar-refractivity contribution in [2.24, 2.45) is 7.05 Å². The molecule has 34 heavy (non-hydrogen) atoms. The molecule has 11 heteroatoms. The maximum absolute atomic E-state index is 13.6. The quantitative estimate of drug-likeness (QED) is 0.261. The first-order valence-corrected chi connectivity index (χ1v) is 13.7. The van der Waals surface area contributed by atoms with Crippen LogP contribution in [0, 0.1) is 11.6 Å². The van der Waals surface area contributed by atoms with Gasteiger partial charge in [0.25, 0.3) is 0 Å². The highest BCUT2D eigenvalue weighted by molar-refractivity contribution is 7.99. The Morgan fingerprint density at radius 2 is 1.79 bits per heavy atom. The SMILES string of the molecule is Cn1c(SCCCN2CCc3ccc(OS(C)(=O)=O)cc3CC2)nnc1-c1ccc(F)c(F)c1. The Morgan fingerprint density at radius 1 is 1.03 bits per heavy atom. The van der Waals surface area contributed by atoms with Gasteiger partial charge in [0.05, 0.1) is 6.26 Å². The van der Waals surface area contributed by atoms with Gasteiger partial charge in [-0.15, -0.1) is 10.2 Å². The van der Waals surface area contributed by atoms with Crippen molar-refractivity contribution in [3.63, 3.8) is 0 Å². The fraction of sp³-hybridized carbons (Fsp3) is 0.391. The van der Waals surface area contributed by atoms with Gasteiger partial charge in [-0.2, -0.15) is 8.42 Å². The molecule has 0 fully saturated rings. The Balaban J connectivity index is 1.27. The van der Waals surface area contributed by atoms with Crippen LogP contribution in [0.15, 0.2) is 41.6 Å². The first-order valence-electron chi connectivity index (χ1n) is 10.9.